The lowest BCUT2D eigenvalue weighted by Crippen LogP contribution is -2.43. The number of para-hydroxylation sites is 1. The molecular weight excluding hydrogens is 336 g/mol. The number of anilines is 1. The van der Waals surface area contributed by atoms with Gasteiger partial charge in [0.05, 0.1) is 16.8 Å². The van der Waals surface area contributed by atoms with Crippen LogP contribution in [0.1, 0.15) is 55.0 Å². The van der Waals surface area contributed by atoms with Gasteiger partial charge in [-0.05, 0) is 31.4 Å². The third kappa shape index (κ3) is 3.25. The van der Waals surface area contributed by atoms with Gasteiger partial charge in [0.1, 0.15) is 11.3 Å². The van der Waals surface area contributed by atoms with E-state index < -0.39 is 0 Å². The fourth-order valence-electron chi connectivity index (χ4n) is 3.34. The van der Waals surface area contributed by atoms with Gasteiger partial charge in [-0.25, -0.2) is 0 Å². The first kappa shape index (κ1) is 17.8. The SMILES string of the molecule is CCCN1C(=O)c2ccccc2N[C@@H]1c1c(C)nn(CC(C)C)c1Cl. The normalized spacial score (nSPS) is 17.0. The summed E-state index contributed by atoms with van der Waals surface area (Å²) < 4.78 is 1.84. The summed E-state index contributed by atoms with van der Waals surface area (Å²) >= 11 is 6.67. The minimum absolute atomic E-state index is 0.0354. The third-order valence-corrected chi connectivity index (χ3v) is 4.81. The van der Waals surface area contributed by atoms with Crippen LogP contribution in [0.5, 0.6) is 0 Å². The quantitative estimate of drug-likeness (QED) is 0.855. The van der Waals surface area contributed by atoms with Crippen molar-refractivity contribution < 1.29 is 4.79 Å². The molecule has 0 aliphatic carbocycles. The van der Waals surface area contributed by atoms with Crippen LogP contribution < -0.4 is 5.32 Å². The molecule has 1 aliphatic rings. The summed E-state index contributed by atoms with van der Waals surface area (Å²) in [5, 5.41) is 8.71. The van der Waals surface area contributed by atoms with Crippen molar-refractivity contribution in [1.82, 2.24) is 14.7 Å². The molecule has 2 heterocycles. The highest BCUT2D eigenvalue weighted by molar-refractivity contribution is 6.30. The smallest absolute Gasteiger partial charge is 0.257 e. The first-order valence-corrected chi connectivity index (χ1v) is 9.21. The maximum atomic E-state index is 13.0. The van der Waals surface area contributed by atoms with Crippen molar-refractivity contribution in [3.8, 4) is 0 Å². The number of hydrogen-bond donors (Lipinski definition) is 1. The summed E-state index contributed by atoms with van der Waals surface area (Å²) in [5.41, 5.74) is 3.29. The number of fused-ring (bicyclic) bond motifs is 1. The number of aromatic nitrogens is 2. The molecule has 0 radical (unpaired) electrons. The molecular formula is C19H25ClN4O. The summed E-state index contributed by atoms with van der Waals surface area (Å²) in [6.45, 7) is 9.71. The van der Waals surface area contributed by atoms with Crippen LogP contribution in [-0.2, 0) is 6.54 Å². The monoisotopic (exact) mass is 360 g/mol. The summed E-state index contributed by atoms with van der Waals surface area (Å²) in [7, 11) is 0. The number of carbonyl (C=O) groups is 1. The molecule has 1 aliphatic heterocycles. The molecule has 0 fully saturated rings. The molecule has 2 aromatic rings. The van der Waals surface area contributed by atoms with Crippen LogP contribution in [-0.4, -0.2) is 27.1 Å². The van der Waals surface area contributed by atoms with E-state index in [0.29, 0.717) is 23.2 Å². The van der Waals surface area contributed by atoms with Crippen LogP contribution in [0, 0.1) is 12.8 Å². The predicted molar refractivity (Wildman–Crippen MR) is 101 cm³/mol. The Hall–Kier alpha value is -2.01. The van der Waals surface area contributed by atoms with Crippen molar-refractivity contribution in [2.24, 2.45) is 5.92 Å². The molecule has 1 N–H and O–H groups in total. The molecule has 1 aromatic heterocycles. The molecule has 1 amide bonds. The van der Waals surface area contributed by atoms with Gasteiger partial charge in [-0.15, -0.1) is 0 Å². The molecule has 1 atom stereocenters. The van der Waals surface area contributed by atoms with Gasteiger partial charge in [0, 0.05) is 18.8 Å². The van der Waals surface area contributed by atoms with E-state index in [1.807, 2.05) is 40.8 Å². The first-order chi connectivity index (χ1) is 11.9. The van der Waals surface area contributed by atoms with E-state index in [9.17, 15) is 4.79 Å². The first-order valence-electron chi connectivity index (χ1n) is 8.83. The number of nitrogens with one attached hydrogen (secondary N) is 1. The van der Waals surface area contributed by atoms with E-state index in [4.69, 9.17) is 11.6 Å². The number of hydrogen-bond acceptors (Lipinski definition) is 3. The average molecular weight is 361 g/mol. The van der Waals surface area contributed by atoms with Crippen LogP contribution in [0.25, 0.3) is 0 Å². The van der Waals surface area contributed by atoms with Crippen molar-refractivity contribution in [3.63, 3.8) is 0 Å². The highest BCUT2D eigenvalue weighted by atomic mass is 35.5. The fourth-order valence-corrected chi connectivity index (χ4v) is 3.68. The molecule has 1 aromatic carbocycles. The lowest BCUT2D eigenvalue weighted by Gasteiger charge is -2.38. The molecule has 3 rings (SSSR count). The largest absolute Gasteiger partial charge is 0.361 e. The molecule has 0 saturated heterocycles. The molecule has 5 nitrogen and oxygen atoms in total. The maximum Gasteiger partial charge on any atom is 0.257 e. The number of nitrogens with zero attached hydrogens (tertiary/aromatic N) is 3. The summed E-state index contributed by atoms with van der Waals surface area (Å²) in [5.74, 6) is 0.478. The van der Waals surface area contributed by atoms with Crippen LogP contribution in [0.2, 0.25) is 5.15 Å². The number of benzene rings is 1. The van der Waals surface area contributed by atoms with E-state index in [1.54, 1.807) is 0 Å². The van der Waals surface area contributed by atoms with E-state index >= 15 is 0 Å². The summed E-state index contributed by atoms with van der Waals surface area (Å²) in [6.07, 6.45) is 0.582. The van der Waals surface area contributed by atoms with Gasteiger partial charge in [-0.3, -0.25) is 9.48 Å². The summed E-state index contributed by atoms with van der Waals surface area (Å²) in [4.78, 5) is 14.9. The number of carbonyl (C=O) groups excluding carboxylic acids is 1. The van der Waals surface area contributed by atoms with Crippen molar-refractivity contribution in [2.75, 3.05) is 11.9 Å². The Morgan fingerprint density at radius 1 is 1.32 bits per heavy atom. The lowest BCUT2D eigenvalue weighted by molar-refractivity contribution is 0.0683. The van der Waals surface area contributed by atoms with Crippen molar-refractivity contribution in [2.45, 2.75) is 46.8 Å². The van der Waals surface area contributed by atoms with Gasteiger partial charge < -0.3 is 10.2 Å². The lowest BCUT2D eigenvalue weighted by atomic mass is 10.0. The Kier molecular flexibility index (Phi) is 5.04. The van der Waals surface area contributed by atoms with Gasteiger partial charge in [0.2, 0.25) is 0 Å². The zero-order chi connectivity index (χ0) is 18.1. The third-order valence-electron chi connectivity index (χ3n) is 4.41. The highest BCUT2D eigenvalue weighted by Crippen LogP contribution is 2.37. The Bertz CT molecular complexity index is 784. The molecule has 134 valence electrons. The van der Waals surface area contributed by atoms with Crippen molar-refractivity contribution in [1.29, 1.82) is 0 Å². The molecule has 6 heteroatoms. The second-order valence-electron chi connectivity index (χ2n) is 6.96. The fraction of sp³-hybridized carbons (Fsp3) is 0.474. The molecule has 0 saturated carbocycles. The Morgan fingerprint density at radius 2 is 2.04 bits per heavy atom. The van der Waals surface area contributed by atoms with E-state index in [2.05, 4.69) is 31.2 Å². The van der Waals surface area contributed by atoms with Crippen molar-refractivity contribution in [3.05, 3.63) is 46.2 Å². The van der Waals surface area contributed by atoms with E-state index in [0.717, 1.165) is 29.9 Å². The highest BCUT2D eigenvalue weighted by Gasteiger charge is 2.35. The minimum atomic E-state index is -0.296. The Balaban J connectivity index is 2.06. The zero-order valence-electron chi connectivity index (χ0n) is 15.2. The number of rotatable bonds is 5. The van der Waals surface area contributed by atoms with Crippen LogP contribution in [0.4, 0.5) is 5.69 Å². The summed E-state index contributed by atoms with van der Waals surface area (Å²) in [6, 6.07) is 7.62. The molecule has 0 unspecified atom stereocenters. The van der Waals surface area contributed by atoms with E-state index in [1.165, 1.54) is 0 Å². The number of amides is 1. The minimum Gasteiger partial charge on any atom is -0.361 e. The van der Waals surface area contributed by atoms with E-state index in [-0.39, 0.29) is 12.1 Å². The second kappa shape index (κ2) is 7.08. The number of halogens is 1. The standard InChI is InChI=1S/C19H25ClN4O/c1-5-10-23-18(21-15-9-7-6-8-14(15)19(23)25)16-13(4)22-24(17(16)20)11-12(2)3/h6-9,12,18,21H,5,10-11H2,1-4H3/t18-/m0/s1. The predicted octanol–water partition coefficient (Wildman–Crippen LogP) is 4.48. The van der Waals surface area contributed by atoms with Crippen molar-refractivity contribution >= 4 is 23.2 Å². The van der Waals surface area contributed by atoms with Crippen LogP contribution in [0.3, 0.4) is 0 Å². The van der Waals surface area contributed by atoms with Crippen LogP contribution >= 0.6 is 11.6 Å². The van der Waals surface area contributed by atoms with Gasteiger partial charge in [-0.2, -0.15) is 5.10 Å². The van der Waals surface area contributed by atoms with Gasteiger partial charge >= 0.3 is 0 Å². The Labute approximate surface area is 154 Å². The van der Waals surface area contributed by atoms with Crippen LogP contribution in [0.15, 0.2) is 24.3 Å². The second-order valence-corrected chi connectivity index (χ2v) is 7.31. The number of aryl methyl sites for hydroxylation is 1. The molecule has 25 heavy (non-hydrogen) atoms. The molecule has 0 spiro atoms. The van der Waals surface area contributed by atoms with Gasteiger partial charge in [0.25, 0.3) is 5.91 Å². The zero-order valence-corrected chi connectivity index (χ0v) is 16.0. The average Bonchev–Trinajstić information content (AvgIpc) is 2.83. The van der Waals surface area contributed by atoms with Gasteiger partial charge in [0.15, 0.2) is 0 Å². The topological polar surface area (TPSA) is 50.2 Å². The Morgan fingerprint density at radius 3 is 2.72 bits per heavy atom. The molecule has 0 bridgehead atoms. The van der Waals surface area contributed by atoms with Gasteiger partial charge in [-0.1, -0.05) is 44.5 Å². The maximum absolute atomic E-state index is 13.0.